The number of benzene rings is 1. The largest absolute Gasteiger partial charge is 0.368 e. The minimum Gasteiger partial charge on any atom is -0.368 e. The Balaban J connectivity index is 3.07. The topological polar surface area (TPSA) is 69.1 Å². The summed E-state index contributed by atoms with van der Waals surface area (Å²) in [5.74, 6) is -0.148. The normalized spacial score (nSPS) is 14.9. The van der Waals surface area contributed by atoms with E-state index in [0.717, 1.165) is 5.56 Å². The maximum atomic E-state index is 11.5. The summed E-state index contributed by atoms with van der Waals surface area (Å²) in [5.41, 5.74) is 11.2. The van der Waals surface area contributed by atoms with Crippen LogP contribution in [0.4, 0.5) is 0 Å². The Morgan fingerprint density at radius 2 is 1.87 bits per heavy atom. The average molecular weight is 206 g/mol. The van der Waals surface area contributed by atoms with Crippen LogP contribution in [0.15, 0.2) is 30.3 Å². The first kappa shape index (κ1) is 11.7. The molecule has 0 aliphatic carbocycles. The molecule has 0 radical (unpaired) electrons. The highest BCUT2D eigenvalue weighted by Gasteiger charge is 2.34. The van der Waals surface area contributed by atoms with Crippen molar-refractivity contribution in [1.82, 2.24) is 0 Å². The van der Waals surface area contributed by atoms with Crippen molar-refractivity contribution in [3.05, 3.63) is 35.9 Å². The molecule has 0 aliphatic rings. The first-order valence-corrected chi connectivity index (χ1v) is 5.11. The summed E-state index contributed by atoms with van der Waals surface area (Å²) < 4.78 is 0. The molecule has 1 aromatic rings. The second-order valence-corrected chi connectivity index (χ2v) is 4.30. The van der Waals surface area contributed by atoms with Gasteiger partial charge in [-0.15, -0.1) is 0 Å². The van der Waals surface area contributed by atoms with Crippen molar-refractivity contribution < 1.29 is 4.79 Å². The maximum Gasteiger partial charge on any atom is 0.242 e. The van der Waals surface area contributed by atoms with Crippen molar-refractivity contribution in [3.8, 4) is 0 Å². The molecule has 0 aliphatic heterocycles. The van der Waals surface area contributed by atoms with Gasteiger partial charge in [0.05, 0.1) is 0 Å². The number of carbonyl (C=O) groups is 1. The van der Waals surface area contributed by atoms with E-state index in [1.54, 1.807) is 0 Å². The highest BCUT2D eigenvalue weighted by atomic mass is 16.1. The van der Waals surface area contributed by atoms with Gasteiger partial charge in [-0.1, -0.05) is 44.2 Å². The second-order valence-electron chi connectivity index (χ2n) is 4.30. The third kappa shape index (κ3) is 2.57. The summed E-state index contributed by atoms with van der Waals surface area (Å²) in [5, 5.41) is 0. The van der Waals surface area contributed by atoms with E-state index in [1.807, 2.05) is 44.2 Å². The van der Waals surface area contributed by atoms with Crippen LogP contribution in [0, 0.1) is 5.92 Å². The first-order chi connectivity index (χ1) is 6.97. The van der Waals surface area contributed by atoms with Gasteiger partial charge >= 0.3 is 0 Å². The number of carbonyl (C=O) groups excluding carboxylic acids is 1. The Morgan fingerprint density at radius 3 is 2.27 bits per heavy atom. The summed E-state index contributed by atoms with van der Waals surface area (Å²) in [7, 11) is 0. The van der Waals surface area contributed by atoms with Gasteiger partial charge < -0.3 is 11.5 Å². The zero-order valence-corrected chi connectivity index (χ0v) is 9.23. The predicted octanol–water partition coefficient (Wildman–Crippen LogP) is 1.37. The molecule has 0 heterocycles. The van der Waals surface area contributed by atoms with Crippen molar-refractivity contribution >= 4 is 5.91 Å². The van der Waals surface area contributed by atoms with Gasteiger partial charge in [-0.05, 0) is 17.9 Å². The molecular formula is C12H18N2O. The zero-order chi connectivity index (χ0) is 11.5. The van der Waals surface area contributed by atoms with E-state index >= 15 is 0 Å². The Bertz CT molecular complexity index is 335. The Labute approximate surface area is 90.5 Å². The van der Waals surface area contributed by atoms with Crippen LogP contribution >= 0.6 is 0 Å². The fraction of sp³-hybridized carbons (Fsp3) is 0.417. The van der Waals surface area contributed by atoms with Crippen molar-refractivity contribution in [1.29, 1.82) is 0 Å². The van der Waals surface area contributed by atoms with Crippen molar-refractivity contribution in [2.45, 2.75) is 25.8 Å². The third-order valence-corrected chi connectivity index (χ3v) is 2.46. The van der Waals surface area contributed by atoms with Gasteiger partial charge in [0, 0.05) is 0 Å². The SMILES string of the molecule is CC(C)CC(N)(C(N)=O)c1ccccc1. The van der Waals surface area contributed by atoms with Crippen LogP contribution in [0.2, 0.25) is 0 Å². The number of amides is 1. The lowest BCUT2D eigenvalue weighted by atomic mass is 9.83. The van der Waals surface area contributed by atoms with Crippen molar-refractivity contribution in [3.63, 3.8) is 0 Å². The Hall–Kier alpha value is -1.35. The molecule has 3 nitrogen and oxygen atoms in total. The fourth-order valence-corrected chi connectivity index (χ4v) is 1.74. The molecule has 0 aromatic heterocycles. The first-order valence-electron chi connectivity index (χ1n) is 5.11. The Kier molecular flexibility index (Phi) is 3.48. The molecular weight excluding hydrogens is 188 g/mol. The predicted molar refractivity (Wildman–Crippen MR) is 61.0 cm³/mol. The molecule has 82 valence electrons. The molecule has 15 heavy (non-hydrogen) atoms. The molecule has 0 spiro atoms. The van der Waals surface area contributed by atoms with Gasteiger partial charge in [0.1, 0.15) is 5.54 Å². The van der Waals surface area contributed by atoms with Crippen molar-refractivity contribution in [2.24, 2.45) is 17.4 Å². The molecule has 1 unspecified atom stereocenters. The number of hydrogen-bond acceptors (Lipinski definition) is 2. The van der Waals surface area contributed by atoms with Crippen LogP contribution in [0.25, 0.3) is 0 Å². The standard InChI is InChI=1S/C12H18N2O/c1-9(2)8-12(14,11(13)15)10-6-4-3-5-7-10/h3-7,9H,8,14H2,1-2H3,(H2,13,15). The molecule has 0 bridgehead atoms. The van der Waals surface area contributed by atoms with Crippen LogP contribution in [-0.4, -0.2) is 5.91 Å². The number of primary amides is 1. The summed E-state index contributed by atoms with van der Waals surface area (Å²) in [6.45, 7) is 4.04. The van der Waals surface area contributed by atoms with Gasteiger partial charge in [0.2, 0.25) is 5.91 Å². The fourth-order valence-electron chi connectivity index (χ4n) is 1.74. The van der Waals surface area contributed by atoms with Crippen LogP contribution in [0.3, 0.4) is 0 Å². The molecule has 1 amide bonds. The monoisotopic (exact) mass is 206 g/mol. The molecule has 4 N–H and O–H groups in total. The highest BCUT2D eigenvalue weighted by molar-refractivity contribution is 5.85. The molecule has 0 saturated heterocycles. The summed E-state index contributed by atoms with van der Waals surface area (Å²) in [6.07, 6.45) is 0.562. The molecule has 1 rings (SSSR count). The van der Waals surface area contributed by atoms with Crippen molar-refractivity contribution in [2.75, 3.05) is 0 Å². The highest BCUT2D eigenvalue weighted by Crippen LogP contribution is 2.25. The minimum absolute atomic E-state index is 0.322. The smallest absolute Gasteiger partial charge is 0.242 e. The van der Waals surface area contributed by atoms with E-state index in [1.165, 1.54) is 0 Å². The van der Waals surface area contributed by atoms with E-state index in [0.29, 0.717) is 12.3 Å². The molecule has 3 heteroatoms. The van der Waals surface area contributed by atoms with E-state index in [2.05, 4.69) is 0 Å². The quantitative estimate of drug-likeness (QED) is 0.781. The second kappa shape index (κ2) is 4.45. The minimum atomic E-state index is -1.05. The van der Waals surface area contributed by atoms with E-state index < -0.39 is 11.4 Å². The van der Waals surface area contributed by atoms with E-state index in [4.69, 9.17) is 11.5 Å². The van der Waals surface area contributed by atoms with Crippen LogP contribution in [0.5, 0.6) is 0 Å². The molecule has 1 aromatic carbocycles. The third-order valence-electron chi connectivity index (χ3n) is 2.46. The van der Waals surface area contributed by atoms with Gasteiger partial charge in [-0.2, -0.15) is 0 Å². The summed E-state index contributed by atoms with van der Waals surface area (Å²) in [4.78, 5) is 11.5. The lowest BCUT2D eigenvalue weighted by Crippen LogP contribution is -2.49. The number of hydrogen-bond donors (Lipinski definition) is 2. The lowest BCUT2D eigenvalue weighted by molar-refractivity contribution is -0.124. The maximum absolute atomic E-state index is 11.5. The van der Waals surface area contributed by atoms with Crippen LogP contribution < -0.4 is 11.5 Å². The van der Waals surface area contributed by atoms with E-state index in [-0.39, 0.29) is 0 Å². The van der Waals surface area contributed by atoms with Gasteiger partial charge in [-0.25, -0.2) is 0 Å². The zero-order valence-electron chi connectivity index (χ0n) is 9.23. The molecule has 0 saturated carbocycles. The van der Waals surface area contributed by atoms with Crippen LogP contribution in [0.1, 0.15) is 25.8 Å². The molecule has 0 fully saturated rings. The summed E-state index contributed by atoms with van der Waals surface area (Å²) >= 11 is 0. The van der Waals surface area contributed by atoms with Gasteiger partial charge in [0.15, 0.2) is 0 Å². The van der Waals surface area contributed by atoms with E-state index in [9.17, 15) is 4.79 Å². The Morgan fingerprint density at radius 1 is 1.33 bits per heavy atom. The van der Waals surface area contributed by atoms with Gasteiger partial charge in [-0.3, -0.25) is 4.79 Å². The van der Waals surface area contributed by atoms with Crippen LogP contribution in [-0.2, 0) is 10.3 Å². The molecule has 1 atom stereocenters. The van der Waals surface area contributed by atoms with Gasteiger partial charge in [0.25, 0.3) is 0 Å². The lowest BCUT2D eigenvalue weighted by Gasteiger charge is -2.28. The number of rotatable bonds is 4. The summed E-state index contributed by atoms with van der Waals surface area (Å²) in [6, 6.07) is 9.29. The number of nitrogens with two attached hydrogens (primary N) is 2. The average Bonchev–Trinajstić information content (AvgIpc) is 2.17.